The van der Waals surface area contributed by atoms with Gasteiger partial charge in [0.25, 0.3) is 0 Å². The van der Waals surface area contributed by atoms with E-state index in [9.17, 15) is 0 Å². The lowest BCUT2D eigenvalue weighted by molar-refractivity contribution is 0.915. The van der Waals surface area contributed by atoms with E-state index >= 15 is 0 Å². The van der Waals surface area contributed by atoms with E-state index in [1.54, 1.807) is 0 Å². The van der Waals surface area contributed by atoms with Crippen LogP contribution >= 0.6 is 0 Å². The van der Waals surface area contributed by atoms with Crippen molar-refractivity contribution < 1.29 is 0 Å². The molecular weight excluding hydrogens is 234 g/mol. The summed E-state index contributed by atoms with van der Waals surface area (Å²) in [6.45, 7) is 2.80. The molecular formula is C16H17N3. The Morgan fingerprint density at radius 2 is 1.95 bits per heavy atom. The summed E-state index contributed by atoms with van der Waals surface area (Å²) in [5, 5.41) is 8.93. The molecule has 3 nitrogen and oxygen atoms in total. The maximum Gasteiger partial charge on any atom is 0.0992 e. The second-order valence-corrected chi connectivity index (χ2v) is 4.65. The molecule has 0 atom stereocenters. The van der Waals surface area contributed by atoms with Crippen LogP contribution in [-0.2, 0) is 6.54 Å². The number of nitriles is 1. The molecule has 0 amide bonds. The van der Waals surface area contributed by atoms with Crippen molar-refractivity contribution in [3.63, 3.8) is 0 Å². The first-order chi connectivity index (χ1) is 9.11. The third-order valence-electron chi connectivity index (χ3n) is 3.31. The first-order valence-electron chi connectivity index (χ1n) is 6.17. The molecule has 0 saturated carbocycles. The summed E-state index contributed by atoms with van der Waals surface area (Å²) in [6.07, 6.45) is 0. The van der Waals surface area contributed by atoms with Crippen LogP contribution in [0.2, 0.25) is 0 Å². The lowest BCUT2D eigenvalue weighted by Gasteiger charge is -2.21. The van der Waals surface area contributed by atoms with Crippen LogP contribution in [0.25, 0.3) is 0 Å². The molecule has 0 aliphatic heterocycles. The zero-order valence-corrected chi connectivity index (χ0v) is 11.2. The summed E-state index contributed by atoms with van der Waals surface area (Å²) in [5.74, 6) is 0. The summed E-state index contributed by atoms with van der Waals surface area (Å²) < 4.78 is 0. The minimum atomic E-state index is 0.675. The van der Waals surface area contributed by atoms with E-state index in [0.29, 0.717) is 5.56 Å². The van der Waals surface area contributed by atoms with Crippen molar-refractivity contribution in [3.8, 4) is 6.07 Å². The zero-order valence-electron chi connectivity index (χ0n) is 11.2. The first-order valence-corrected chi connectivity index (χ1v) is 6.17. The van der Waals surface area contributed by atoms with Crippen LogP contribution in [-0.4, -0.2) is 7.05 Å². The lowest BCUT2D eigenvalue weighted by atomic mass is 10.1. The van der Waals surface area contributed by atoms with Gasteiger partial charge in [0.1, 0.15) is 0 Å². The van der Waals surface area contributed by atoms with Crippen molar-refractivity contribution in [3.05, 3.63) is 59.2 Å². The van der Waals surface area contributed by atoms with Crippen molar-refractivity contribution in [1.82, 2.24) is 0 Å². The molecule has 2 aromatic rings. The monoisotopic (exact) mass is 251 g/mol. The van der Waals surface area contributed by atoms with E-state index in [0.717, 1.165) is 23.5 Å². The fourth-order valence-electron chi connectivity index (χ4n) is 2.03. The van der Waals surface area contributed by atoms with Gasteiger partial charge < -0.3 is 10.6 Å². The van der Waals surface area contributed by atoms with Gasteiger partial charge in [-0.25, -0.2) is 0 Å². The highest BCUT2D eigenvalue weighted by Crippen LogP contribution is 2.21. The van der Waals surface area contributed by atoms with Gasteiger partial charge in [0.2, 0.25) is 0 Å². The molecule has 0 fully saturated rings. The number of nitrogen functional groups attached to an aromatic ring is 1. The minimum absolute atomic E-state index is 0.675. The third kappa shape index (κ3) is 2.86. The average molecular weight is 251 g/mol. The van der Waals surface area contributed by atoms with Gasteiger partial charge >= 0.3 is 0 Å². The third-order valence-corrected chi connectivity index (χ3v) is 3.31. The maximum absolute atomic E-state index is 8.93. The molecule has 0 saturated heterocycles. The number of hydrogen-bond acceptors (Lipinski definition) is 3. The van der Waals surface area contributed by atoms with E-state index in [-0.39, 0.29) is 0 Å². The Morgan fingerprint density at radius 3 is 2.68 bits per heavy atom. The average Bonchev–Trinajstić information content (AvgIpc) is 2.44. The zero-order chi connectivity index (χ0) is 13.8. The highest BCUT2D eigenvalue weighted by molar-refractivity contribution is 5.54. The van der Waals surface area contributed by atoms with Crippen LogP contribution < -0.4 is 10.6 Å². The van der Waals surface area contributed by atoms with Crippen LogP contribution in [0.15, 0.2) is 42.5 Å². The van der Waals surface area contributed by atoms with E-state index in [1.165, 1.54) is 5.56 Å². The second kappa shape index (κ2) is 5.45. The molecule has 0 aliphatic rings. The molecule has 3 heteroatoms. The molecule has 19 heavy (non-hydrogen) atoms. The molecule has 0 bridgehead atoms. The Labute approximate surface area is 113 Å². The quantitative estimate of drug-likeness (QED) is 0.853. The lowest BCUT2D eigenvalue weighted by Crippen LogP contribution is -2.17. The minimum Gasteiger partial charge on any atom is -0.399 e. The van der Waals surface area contributed by atoms with Gasteiger partial charge in [-0.15, -0.1) is 0 Å². The Bertz CT molecular complexity index is 626. The fraction of sp³-hybridized carbons (Fsp3) is 0.188. The molecule has 2 N–H and O–H groups in total. The van der Waals surface area contributed by atoms with Crippen molar-refractivity contribution in [2.45, 2.75) is 13.5 Å². The largest absolute Gasteiger partial charge is 0.399 e. The van der Waals surface area contributed by atoms with E-state index in [2.05, 4.69) is 17.0 Å². The fourth-order valence-corrected chi connectivity index (χ4v) is 2.03. The van der Waals surface area contributed by atoms with Gasteiger partial charge in [-0.05, 0) is 42.3 Å². The SMILES string of the molecule is Cc1c(N)cccc1CN(C)c1cccc(C#N)c1. The predicted molar refractivity (Wildman–Crippen MR) is 78.9 cm³/mol. The number of hydrogen-bond donors (Lipinski definition) is 1. The number of anilines is 2. The number of nitrogens with two attached hydrogens (primary N) is 1. The van der Waals surface area contributed by atoms with Crippen LogP contribution in [0, 0.1) is 18.3 Å². The van der Waals surface area contributed by atoms with Gasteiger partial charge in [0.15, 0.2) is 0 Å². The summed E-state index contributed by atoms with van der Waals surface area (Å²) in [5.41, 5.74) is 10.8. The van der Waals surface area contributed by atoms with Crippen molar-refractivity contribution in [2.75, 3.05) is 17.7 Å². The molecule has 0 aromatic heterocycles. The second-order valence-electron chi connectivity index (χ2n) is 4.65. The van der Waals surface area contributed by atoms with Gasteiger partial charge in [0.05, 0.1) is 11.6 Å². The molecule has 0 spiro atoms. The van der Waals surface area contributed by atoms with Crippen molar-refractivity contribution in [2.24, 2.45) is 0 Å². The number of rotatable bonds is 3. The first kappa shape index (κ1) is 13.0. The summed E-state index contributed by atoms with van der Waals surface area (Å²) in [7, 11) is 2.01. The topological polar surface area (TPSA) is 53.0 Å². The van der Waals surface area contributed by atoms with Crippen LogP contribution in [0.3, 0.4) is 0 Å². The van der Waals surface area contributed by atoms with Gasteiger partial charge in [-0.1, -0.05) is 18.2 Å². The van der Waals surface area contributed by atoms with Crippen LogP contribution in [0.1, 0.15) is 16.7 Å². The predicted octanol–water partition coefficient (Wildman–Crippen LogP) is 3.09. The highest BCUT2D eigenvalue weighted by Gasteiger charge is 2.06. The Balaban J connectivity index is 2.23. The normalized spacial score (nSPS) is 9.95. The molecule has 0 aliphatic carbocycles. The van der Waals surface area contributed by atoms with Gasteiger partial charge in [-0.2, -0.15) is 5.26 Å². The molecule has 2 rings (SSSR count). The van der Waals surface area contributed by atoms with Crippen LogP contribution in [0.5, 0.6) is 0 Å². The molecule has 2 aromatic carbocycles. The summed E-state index contributed by atoms with van der Waals surface area (Å²) in [4.78, 5) is 2.11. The van der Waals surface area contributed by atoms with E-state index in [4.69, 9.17) is 11.0 Å². The molecule has 96 valence electrons. The summed E-state index contributed by atoms with van der Waals surface area (Å²) >= 11 is 0. The standard InChI is InChI=1S/C16H17N3/c1-12-14(6-4-8-16(12)18)11-19(2)15-7-3-5-13(9-15)10-17/h3-9H,11,18H2,1-2H3. The summed E-state index contributed by atoms with van der Waals surface area (Å²) in [6, 6.07) is 15.7. The van der Waals surface area contributed by atoms with Gasteiger partial charge in [-0.3, -0.25) is 0 Å². The Hall–Kier alpha value is -2.47. The molecule has 0 unspecified atom stereocenters. The van der Waals surface area contributed by atoms with E-state index < -0.39 is 0 Å². The van der Waals surface area contributed by atoms with Gasteiger partial charge in [0, 0.05) is 25.0 Å². The van der Waals surface area contributed by atoms with Crippen molar-refractivity contribution >= 4 is 11.4 Å². The molecule has 0 heterocycles. The molecule has 0 radical (unpaired) electrons. The number of nitrogens with zero attached hydrogens (tertiary/aromatic N) is 2. The Kier molecular flexibility index (Phi) is 3.72. The Morgan fingerprint density at radius 1 is 1.21 bits per heavy atom. The van der Waals surface area contributed by atoms with Crippen molar-refractivity contribution in [1.29, 1.82) is 5.26 Å². The van der Waals surface area contributed by atoms with E-state index in [1.807, 2.05) is 50.4 Å². The number of benzene rings is 2. The smallest absolute Gasteiger partial charge is 0.0992 e. The highest BCUT2D eigenvalue weighted by atomic mass is 15.1. The van der Waals surface area contributed by atoms with Crippen LogP contribution in [0.4, 0.5) is 11.4 Å². The maximum atomic E-state index is 8.93.